The molecule has 0 radical (unpaired) electrons. The molecule has 0 bridgehead atoms. The summed E-state index contributed by atoms with van der Waals surface area (Å²) in [6.45, 7) is 3.73. The number of nitrogens with zero attached hydrogens (tertiary/aromatic N) is 3. The minimum Gasteiger partial charge on any atom is -0.392 e. The lowest BCUT2D eigenvalue weighted by Gasteiger charge is -2.36. The molecule has 0 aromatic carbocycles. The number of aromatic nitrogens is 1. The Morgan fingerprint density at radius 1 is 1.18 bits per heavy atom. The number of aliphatic hydroxyl groups is 1. The van der Waals surface area contributed by atoms with Crippen LogP contribution in [0, 0.1) is 5.92 Å². The molecule has 4 nitrogen and oxygen atoms in total. The van der Waals surface area contributed by atoms with Crippen molar-refractivity contribution in [3.63, 3.8) is 0 Å². The monoisotopic (exact) mass is 315 g/mol. The van der Waals surface area contributed by atoms with E-state index in [0.29, 0.717) is 18.3 Å². The number of alkyl halides is 3. The van der Waals surface area contributed by atoms with E-state index in [1.165, 1.54) is 6.07 Å². The summed E-state index contributed by atoms with van der Waals surface area (Å²) < 4.78 is 37.6. The maximum absolute atomic E-state index is 12.5. The van der Waals surface area contributed by atoms with Crippen LogP contribution in [0.5, 0.6) is 0 Å². The molecular formula is C15H20F3N3O. The normalized spacial score (nSPS) is 21.9. The number of halogens is 3. The molecule has 0 unspecified atom stereocenters. The maximum Gasteiger partial charge on any atom is 0.417 e. The van der Waals surface area contributed by atoms with Gasteiger partial charge in [-0.1, -0.05) is 0 Å². The van der Waals surface area contributed by atoms with Crippen molar-refractivity contribution in [2.45, 2.75) is 25.1 Å². The van der Waals surface area contributed by atoms with Gasteiger partial charge in [0.15, 0.2) is 0 Å². The van der Waals surface area contributed by atoms with Crippen molar-refractivity contribution < 1.29 is 18.3 Å². The van der Waals surface area contributed by atoms with Gasteiger partial charge in [0, 0.05) is 38.9 Å². The molecule has 1 aliphatic carbocycles. The molecule has 2 heterocycles. The first kappa shape index (κ1) is 15.6. The van der Waals surface area contributed by atoms with E-state index in [-0.39, 0.29) is 6.10 Å². The molecule has 0 amide bonds. The molecule has 1 aromatic rings. The molecular weight excluding hydrogens is 295 g/mol. The minimum atomic E-state index is -4.34. The van der Waals surface area contributed by atoms with Crippen LogP contribution in [0.2, 0.25) is 0 Å². The van der Waals surface area contributed by atoms with Gasteiger partial charge in [0.2, 0.25) is 0 Å². The Bertz CT molecular complexity index is 494. The summed E-state index contributed by atoms with van der Waals surface area (Å²) in [6.07, 6.45) is -1.45. The number of anilines is 1. The first-order chi connectivity index (χ1) is 10.4. The first-order valence-electron chi connectivity index (χ1n) is 7.62. The van der Waals surface area contributed by atoms with Gasteiger partial charge in [-0.15, -0.1) is 0 Å². The smallest absolute Gasteiger partial charge is 0.392 e. The predicted octanol–water partition coefficient (Wildman–Crippen LogP) is 1.99. The fourth-order valence-corrected chi connectivity index (χ4v) is 2.79. The lowest BCUT2D eigenvalue weighted by atomic mass is 10.2. The third-order valence-electron chi connectivity index (χ3n) is 4.38. The third kappa shape index (κ3) is 3.70. The molecule has 122 valence electrons. The molecule has 2 fully saturated rings. The Hall–Kier alpha value is -1.34. The molecule has 1 aliphatic heterocycles. The molecule has 7 heteroatoms. The zero-order chi connectivity index (χ0) is 15.7. The Morgan fingerprint density at radius 3 is 2.36 bits per heavy atom. The van der Waals surface area contributed by atoms with Crippen molar-refractivity contribution >= 4 is 5.82 Å². The Morgan fingerprint density at radius 2 is 1.86 bits per heavy atom. The van der Waals surface area contributed by atoms with Gasteiger partial charge in [-0.2, -0.15) is 13.2 Å². The number of β-amino-alcohol motifs (C(OH)–C–C–N with tert-alkyl or cyclic N) is 1. The van der Waals surface area contributed by atoms with Gasteiger partial charge in [-0.05, 0) is 30.9 Å². The lowest BCUT2D eigenvalue weighted by molar-refractivity contribution is -0.137. The highest BCUT2D eigenvalue weighted by Crippen LogP contribution is 2.33. The molecule has 3 rings (SSSR count). The van der Waals surface area contributed by atoms with E-state index < -0.39 is 11.7 Å². The van der Waals surface area contributed by atoms with Gasteiger partial charge in [0.25, 0.3) is 0 Å². The fraction of sp³-hybridized carbons (Fsp3) is 0.667. The summed E-state index contributed by atoms with van der Waals surface area (Å²) in [5, 5.41) is 9.96. The van der Waals surface area contributed by atoms with Crippen molar-refractivity contribution in [1.29, 1.82) is 0 Å². The number of hydrogen-bond acceptors (Lipinski definition) is 4. The number of piperazine rings is 1. The van der Waals surface area contributed by atoms with Gasteiger partial charge in [0.05, 0.1) is 11.7 Å². The average molecular weight is 315 g/mol. The summed E-state index contributed by atoms with van der Waals surface area (Å²) >= 11 is 0. The van der Waals surface area contributed by atoms with E-state index in [1.807, 2.05) is 4.90 Å². The van der Waals surface area contributed by atoms with Gasteiger partial charge >= 0.3 is 6.18 Å². The van der Waals surface area contributed by atoms with E-state index in [2.05, 4.69) is 9.88 Å². The van der Waals surface area contributed by atoms with Crippen molar-refractivity contribution in [2.24, 2.45) is 5.92 Å². The molecule has 22 heavy (non-hydrogen) atoms. The molecule has 1 saturated heterocycles. The molecule has 1 N–H and O–H groups in total. The summed E-state index contributed by atoms with van der Waals surface area (Å²) in [5.41, 5.74) is -0.720. The largest absolute Gasteiger partial charge is 0.417 e. The summed E-state index contributed by atoms with van der Waals surface area (Å²) in [4.78, 5) is 8.13. The highest BCUT2D eigenvalue weighted by atomic mass is 19.4. The quantitative estimate of drug-likeness (QED) is 0.922. The Balaban J connectivity index is 1.52. The summed E-state index contributed by atoms with van der Waals surface area (Å²) in [7, 11) is 0. The highest BCUT2D eigenvalue weighted by molar-refractivity contribution is 5.40. The van der Waals surface area contributed by atoms with Gasteiger partial charge < -0.3 is 10.0 Å². The maximum atomic E-state index is 12.5. The predicted molar refractivity (Wildman–Crippen MR) is 76.6 cm³/mol. The zero-order valence-corrected chi connectivity index (χ0v) is 12.3. The molecule has 2 aliphatic rings. The molecule has 1 aromatic heterocycles. The van der Waals surface area contributed by atoms with Crippen LogP contribution in [0.1, 0.15) is 18.4 Å². The summed E-state index contributed by atoms with van der Waals surface area (Å²) in [5.74, 6) is 1.05. The molecule has 1 atom stereocenters. The second kappa shape index (κ2) is 6.04. The van der Waals surface area contributed by atoms with Crippen LogP contribution in [0.15, 0.2) is 18.3 Å². The topological polar surface area (TPSA) is 39.6 Å². The van der Waals surface area contributed by atoms with Crippen LogP contribution in [0.3, 0.4) is 0 Å². The minimum absolute atomic E-state index is 0.240. The van der Waals surface area contributed by atoms with E-state index in [9.17, 15) is 18.3 Å². The number of aliphatic hydroxyl groups excluding tert-OH is 1. The van der Waals surface area contributed by atoms with E-state index in [1.54, 1.807) is 0 Å². The number of rotatable bonds is 4. The number of hydrogen-bond donors (Lipinski definition) is 1. The standard InChI is InChI=1S/C15H20F3N3O/c16-15(17,18)12-3-4-14(19-9-12)21-7-5-20(6-8-21)10-13(22)11-1-2-11/h3-4,9,11,13,22H,1-2,5-8,10H2/t13-/m0/s1. The second-order valence-electron chi connectivity index (χ2n) is 6.10. The fourth-order valence-electron chi connectivity index (χ4n) is 2.79. The number of pyridine rings is 1. The van der Waals surface area contributed by atoms with Crippen molar-refractivity contribution in [3.8, 4) is 0 Å². The SMILES string of the molecule is O[C@@H](CN1CCN(c2ccc(C(F)(F)F)cn2)CC1)C1CC1. The highest BCUT2D eigenvalue weighted by Gasteiger charge is 2.32. The Kier molecular flexibility index (Phi) is 4.27. The van der Waals surface area contributed by atoms with Crippen LogP contribution in [0.25, 0.3) is 0 Å². The van der Waals surface area contributed by atoms with Gasteiger partial charge in [-0.3, -0.25) is 4.90 Å². The average Bonchev–Trinajstić information content (AvgIpc) is 3.32. The van der Waals surface area contributed by atoms with Crippen LogP contribution >= 0.6 is 0 Å². The van der Waals surface area contributed by atoms with Crippen LogP contribution in [0.4, 0.5) is 19.0 Å². The van der Waals surface area contributed by atoms with Crippen LogP contribution in [-0.4, -0.2) is 53.8 Å². The van der Waals surface area contributed by atoms with Crippen molar-refractivity contribution in [3.05, 3.63) is 23.9 Å². The molecule has 1 saturated carbocycles. The third-order valence-corrected chi connectivity index (χ3v) is 4.38. The Labute approximate surface area is 127 Å². The van der Waals surface area contributed by atoms with E-state index >= 15 is 0 Å². The van der Waals surface area contributed by atoms with Gasteiger partial charge in [-0.25, -0.2) is 4.98 Å². The van der Waals surface area contributed by atoms with Crippen LogP contribution < -0.4 is 4.90 Å². The van der Waals surface area contributed by atoms with E-state index in [4.69, 9.17) is 0 Å². The van der Waals surface area contributed by atoms with Crippen molar-refractivity contribution in [1.82, 2.24) is 9.88 Å². The van der Waals surface area contributed by atoms with Crippen molar-refractivity contribution in [2.75, 3.05) is 37.6 Å². The second-order valence-corrected chi connectivity index (χ2v) is 6.10. The first-order valence-corrected chi connectivity index (χ1v) is 7.62. The van der Waals surface area contributed by atoms with E-state index in [0.717, 1.165) is 51.3 Å². The molecule has 0 spiro atoms. The van der Waals surface area contributed by atoms with Gasteiger partial charge in [0.1, 0.15) is 5.82 Å². The lowest BCUT2D eigenvalue weighted by Crippen LogP contribution is -2.49. The summed E-state index contributed by atoms with van der Waals surface area (Å²) in [6, 6.07) is 2.50. The zero-order valence-electron chi connectivity index (χ0n) is 12.3. The van der Waals surface area contributed by atoms with Crippen LogP contribution in [-0.2, 0) is 6.18 Å².